The van der Waals surface area contributed by atoms with Crippen molar-refractivity contribution >= 4 is 45.2 Å². The van der Waals surface area contributed by atoms with Crippen LogP contribution < -0.4 is 5.73 Å². The fourth-order valence-electron chi connectivity index (χ4n) is 1.02. The second kappa shape index (κ2) is 4.99. The van der Waals surface area contributed by atoms with E-state index in [-0.39, 0.29) is 11.2 Å². The SMILES string of the molecule is Nc1nc(Cl)nc(Sc2ccccc2Br)n1. The van der Waals surface area contributed by atoms with Crippen LogP contribution >= 0.6 is 39.3 Å². The fraction of sp³-hybridized carbons (Fsp3) is 0. The normalized spacial score (nSPS) is 10.4. The molecule has 1 aromatic heterocycles. The van der Waals surface area contributed by atoms with Crippen LogP contribution in [0.2, 0.25) is 5.28 Å². The van der Waals surface area contributed by atoms with E-state index in [0.717, 1.165) is 9.37 Å². The number of benzene rings is 1. The summed E-state index contributed by atoms with van der Waals surface area (Å²) in [5.41, 5.74) is 5.48. The van der Waals surface area contributed by atoms with Crippen molar-refractivity contribution in [2.24, 2.45) is 0 Å². The van der Waals surface area contributed by atoms with Gasteiger partial charge in [0.05, 0.1) is 0 Å². The number of hydrogen-bond donors (Lipinski definition) is 1. The molecule has 1 aromatic carbocycles. The lowest BCUT2D eigenvalue weighted by atomic mass is 10.4. The molecule has 2 rings (SSSR count). The molecule has 0 spiro atoms. The highest BCUT2D eigenvalue weighted by Crippen LogP contribution is 2.31. The van der Waals surface area contributed by atoms with Gasteiger partial charge in [0.1, 0.15) is 0 Å². The lowest BCUT2D eigenvalue weighted by Crippen LogP contribution is -1.98. The number of nitrogen functional groups attached to an aromatic ring is 1. The zero-order valence-electron chi connectivity index (χ0n) is 7.89. The van der Waals surface area contributed by atoms with Gasteiger partial charge in [-0.2, -0.15) is 15.0 Å². The summed E-state index contributed by atoms with van der Waals surface area (Å²) < 4.78 is 0.968. The molecule has 16 heavy (non-hydrogen) atoms. The maximum absolute atomic E-state index is 5.69. The molecule has 0 radical (unpaired) electrons. The average molecular weight is 318 g/mol. The van der Waals surface area contributed by atoms with Gasteiger partial charge in [-0.25, -0.2) is 0 Å². The maximum Gasteiger partial charge on any atom is 0.228 e. The molecule has 82 valence electrons. The third-order valence-electron chi connectivity index (χ3n) is 1.64. The molecule has 0 aliphatic carbocycles. The van der Waals surface area contributed by atoms with Crippen molar-refractivity contribution in [3.8, 4) is 0 Å². The van der Waals surface area contributed by atoms with Crippen LogP contribution in [-0.2, 0) is 0 Å². The monoisotopic (exact) mass is 316 g/mol. The van der Waals surface area contributed by atoms with Gasteiger partial charge in [0.2, 0.25) is 11.2 Å². The average Bonchev–Trinajstić information content (AvgIpc) is 2.20. The molecule has 0 unspecified atom stereocenters. The molecule has 0 fully saturated rings. The van der Waals surface area contributed by atoms with E-state index in [2.05, 4.69) is 30.9 Å². The Morgan fingerprint density at radius 3 is 2.62 bits per heavy atom. The van der Waals surface area contributed by atoms with Gasteiger partial charge in [-0.3, -0.25) is 0 Å². The predicted molar refractivity (Wildman–Crippen MR) is 67.5 cm³/mol. The van der Waals surface area contributed by atoms with Crippen molar-refractivity contribution in [3.05, 3.63) is 34.0 Å². The molecule has 0 saturated carbocycles. The summed E-state index contributed by atoms with van der Waals surface area (Å²) in [7, 11) is 0. The largest absolute Gasteiger partial charge is 0.368 e. The summed E-state index contributed by atoms with van der Waals surface area (Å²) in [6.07, 6.45) is 0. The van der Waals surface area contributed by atoms with E-state index in [0.29, 0.717) is 5.16 Å². The van der Waals surface area contributed by atoms with E-state index in [1.165, 1.54) is 11.8 Å². The second-order valence-electron chi connectivity index (χ2n) is 2.78. The van der Waals surface area contributed by atoms with Crippen molar-refractivity contribution in [2.45, 2.75) is 10.1 Å². The third kappa shape index (κ3) is 2.84. The summed E-state index contributed by atoms with van der Waals surface area (Å²) in [4.78, 5) is 12.6. The van der Waals surface area contributed by atoms with E-state index >= 15 is 0 Å². The molecule has 0 amide bonds. The quantitative estimate of drug-likeness (QED) is 0.922. The Balaban J connectivity index is 2.30. The van der Waals surface area contributed by atoms with Gasteiger partial charge in [-0.15, -0.1) is 0 Å². The smallest absolute Gasteiger partial charge is 0.228 e. The molecule has 4 nitrogen and oxygen atoms in total. The molecular formula is C9H6BrClN4S. The molecule has 0 saturated heterocycles. The number of halogens is 2. The minimum atomic E-state index is 0.0991. The first kappa shape index (κ1) is 11.6. The number of nitrogens with zero attached hydrogens (tertiary/aromatic N) is 3. The molecule has 2 N–H and O–H groups in total. The highest BCUT2D eigenvalue weighted by atomic mass is 79.9. The van der Waals surface area contributed by atoms with Gasteiger partial charge in [-0.1, -0.05) is 12.1 Å². The summed E-state index contributed by atoms with van der Waals surface area (Å²) in [5.74, 6) is 0.120. The van der Waals surface area contributed by atoms with E-state index in [1.54, 1.807) is 0 Å². The first-order valence-electron chi connectivity index (χ1n) is 4.24. The Hall–Kier alpha value is -0.850. The summed E-state index contributed by atoms with van der Waals surface area (Å²) in [5, 5.41) is 0.575. The molecule has 0 aliphatic heterocycles. The molecule has 0 bridgehead atoms. The van der Waals surface area contributed by atoms with Crippen LogP contribution in [0, 0.1) is 0 Å². The minimum absolute atomic E-state index is 0.0991. The lowest BCUT2D eigenvalue weighted by molar-refractivity contribution is 0.916. The molecule has 2 aromatic rings. The van der Waals surface area contributed by atoms with Gasteiger partial charge in [0, 0.05) is 9.37 Å². The number of nitrogens with two attached hydrogens (primary N) is 1. The van der Waals surface area contributed by atoms with E-state index in [1.807, 2.05) is 24.3 Å². The Morgan fingerprint density at radius 2 is 1.94 bits per heavy atom. The topological polar surface area (TPSA) is 64.7 Å². The van der Waals surface area contributed by atoms with Gasteiger partial charge >= 0.3 is 0 Å². The summed E-state index contributed by atoms with van der Waals surface area (Å²) in [6.45, 7) is 0. The number of aromatic nitrogens is 3. The van der Waals surface area contributed by atoms with Crippen molar-refractivity contribution in [3.63, 3.8) is 0 Å². The Morgan fingerprint density at radius 1 is 1.19 bits per heavy atom. The molecule has 7 heteroatoms. The summed E-state index contributed by atoms with van der Waals surface area (Å²) in [6, 6.07) is 7.75. The molecule has 0 atom stereocenters. The fourth-order valence-corrected chi connectivity index (χ4v) is 2.54. The Kier molecular flexibility index (Phi) is 3.63. The molecular weight excluding hydrogens is 312 g/mol. The van der Waals surface area contributed by atoms with Crippen LogP contribution in [0.1, 0.15) is 0 Å². The van der Waals surface area contributed by atoms with Crippen LogP contribution in [0.4, 0.5) is 5.95 Å². The third-order valence-corrected chi connectivity index (χ3v) is 3.71. The number of rotatable bonds is 2. The van der Waals surface area contributed by atoms with E-state index in [4.69, 9.17) is 17.3 Å². The standard InChI is InChI=1S/C9H6BrClN4S/c10-5-3-1-2-4-6(5)16-9-14-7(11)13-8(12)15-9/h1-4H,(H2,12,13,14,15). The van der Waals surface area contributed by atoms with Crippen LogP contribution in [0.25, 0.3) is 0 Å². The first-order valence-corrected chi connectivity index (χ1v) is 6.23. The zero-order chi connectivity index (χ0) is 11.5. The van der Waals surface area contributed by atoms with Gasteiger partial charge in [0.25, 0.3) is 0 Å². The van der Waals surface area contributed by atoms with E-state index < -0.39 is 0 Å². The van der Waals surface area contributed by atoms with Crippen LogP contribution in [0.3, 0.4) is 0 Å². The molecule has 1 heterocycles. The predicted octanol–water partition coefficient (Wildman–Crippen LogP) is 3.02. The van der Waals surface area contributed by atoms with Crippen LogP contribution in [0.5, 0.6) is 0 Å². The minimum Gasteiger partial charge on any atom is -0.368 e. The molecule has 0 aliphatic rings. The Labute approximate surface area is 110 Å². The van der Waals surface area contributed by atoms with Gasteiger partial charge in [-0.05, 0) is 51.4 Å². The maximum atomic E-state index is 5.69. The van der Waals surface area contributed by atoms with Crippen molar-refractivity contribution in [1.29, 1.82) is 0 Å². The van der Waals surface area contributed by atoms with Crippen molar-refractivity contribution < 1.29 is 0 Å². The highest BCUT2D eigenvalue weighted by molar-refractivity contribution is 9.10. The van der Waals surface area contributed by atoms with Crippen molar-refractivity contribution in [1.82, 2.24) is 15.0 Å². The van der Waals surface area contributed by atoms with E-state index in [9.17, 15) is 0 Å². The van der Waals surface area contributed by atoms with Gasteiger partial charge in [0.15, 0.2) is 5.16 Å². The van der Waals surface area contributed by atoms with Gasteiger partial charge < -0.3 is 5.73 Å². The van der Waals surface area contributed by atoms with Crippen LogP contribution in [-0.4, -0.2) is 15.0 Å². The highest BCUT2D eigenvalue weighted by Gasteiger charge is 2.06. The van der Waals surface area contributed by atoms with Crippen LogP contribution in [0.15, 0.2) is 38.8 Å². The Bertz CT molecular complexity index is 502. The zero-order valence-corrected chi connectivity index (χ0v) is 11.1. The number of anilines is 1. The second-order valence-corrected chi connectivity index (χ2v) is 4.98. The van der Waals surface area contributed by atoms with Crippen molar-refractivity contribution in [2.75, 3.05) is 5.73 Å². The number of hydrogen-bond acceptors (Lipinski definition) is 5. The first-order chi connectivity index (χ1) is 7.65. The summed E-state index contributed by atoms with van der Waals surface area (Å²) >= 11 is 10.5. The lowest BCUT2D eigenvalue weighted by Gasteiger charge is -2.02.